The van der Waals surface area contributed by atoms with Crippen molar-refractivity contribution in [1.82, 2.24) is 14.7 Å². The molecular formula is C25H22FN3O5. The highest BCUT2D eigenvalue weighted by atomic mass is 19.1. The van der Waals surface area contributed by atoms with E-state index in [9.17, 15) is 14.3 Å². The van der Waals surface area contributed by atoms with Crippen molar-refractivity contribution in [3.05, 3.63) is 75.0 Å². The fourth-order valence-electron chi connectivity index (χ4n) is 4.48. The van der Waals surface area contributed by atoms with Crippen LogP contribution in [0, 0.1) is 26.6 Å². The van der Waals surface area contributed by atoms with Crippen molar-refractivity contribution < 1.29 is 23.2 Å². The number of oxazole rings is 1. The summed E-state index contributed by atoms with van der Waals surface area (Å²) in [6.45, 7) is 4.87. The monoisotopic (exact) mass is 463 g/mol. The molecule has 174 valence electrons. The van der Waals surface area contributed by atoms with E-state index < -0.39 is 18.2 Å². The van der Waals surface area contributed by atoms with E-state index in [0.717, 1.165) is 0 Å². The summed E-state index contributed by atoms with van der Waals surface area (Å²) in [4.78, 5) is 17.6. The van der Waals surface area contributed by atoms with E-state index in [1.807, 2.05) is 6.92 Å². The number of aliphatic hydroxyl groups excluding tert-OH is 1. The van der Waals surface area contributed by atoms with Crippen LogP contribution in [0.5, 0.6) is 5.75 Å². The molecule has 0 radical (unpaired) electrons. The number of aryl methyl sites for hydroxylation is 3. The first-order chi connectivity index (χ1) is 16.3. The average molecular weight is 463 g/mol. The Bertz CT molecular complexity index is 1590. The molecule has 0 spiro atoms. The molecule has 0 aliphatic heterocycles. The third-order valence-corrected chi connectivity index (χ3v) is 6.12. The van der Waals surface area contributed by atoms with Gasteiger partial charge in [-0.05, 0) is 44.5 Å². The number of hydrogen-bond donors (Lipinski definition) is 1. The summed E-state index contributed by atoms with van der Waals surface area (Å²) in [5.74, 6) is -0.0336. The Kier molecular flexibility index (Phi) is 5.21. The summed E-state index contributed by atoms with van der Waals surface area (Å²) in [7, 11) is 1.54. The van der Waals surface area contributed by atoms with Gasteiger partial charge in [0.1, 0.15) is 28.5 Å². The summed E-state index contributed by atoms with van der Waals surface area (Å²) < 4.78 is 32.7. The maximum absolute atomic E-state index is 14.7. The maximum atomic E-state index is 14.7. The fraction of sp³-hybridized carbons (Fsp3) is 0.240. The van der Waals surface area contributed by atoms with Crippen LogP contribution in [0.1, 0.15) is 28.3 Å². The quantitative estimate of drug-likeness (QED) is 0.412. The minimum Gasteiger partial charge on any atom is -0.496 e. The molecule has 3 heterocycles. The molecule has 0 aliphatic rings. The van der Waals surface area contributed by atoms with Gasteiger partial charge in [-0.3, -0.25) is 4.57 Å². The standard InChI is InChI=1S/C25H22FN3O5/c1-12-6-5-7-16(26)15(12)10-29-23-21-17(27-18(11-30)24(23)33-25(29)31)8-9-19(32-4)22(21)20-13(2)28-34-14(20)3/h5-9,30H,10-11H2,1-4H3. The number of benzene rings is 2. The Morgan fingerprint density at radius 3 is 2.59 bits per heavy atom. The third-order valence-electron chi connectivity index (χ3n) is 6.12. The lowest BCUT2D eigenvalue weighted by atomic mass is 9.96. The molecule has 9 heteroatoms. The number of pyridine rings is 1. The van der Waals surface area contributed by atoms with Gasteiger partial charge < -0.3 is 18.8 Å². The molecule has 5 rings (SSSR count). The molecule has 0 fully saturated rings. The van der Waals surface area contributed by atoms with Gasteiger partial charge in [-0.1, -0.05) is 17.3 Å². The molecule has 1 N–H and O–H groups in total. The lowest BCUT2D eigenvalue weighted by molar-refractivity contribution is 0.277. The second-order valence-corrected chi connectivity index (χ2v) is 8.12. The van der Waals surface area contributed by atoms with Gasteiger partial charge in [0.2, 0.25) is 0 Å². The van der Waals surface area contributed by atoms with E-state index in [-0.39, 0.29) is 17.8 Å². The smallest absolute Gasteiger partial charge is 0.420 e. The Labute approximate surface area is 193 Å². The molecule has 0 saturated carbocycles. The first-order valence-electron chi connectivity index (χ1n) is 10.7. The lowest BCUT2D eigenvalue weighted by Gasteiger charge is -2.15. The van der Waals surface area contributed by atoms with Crippen LogP contribution in [0.25, 0.3) is 33.1 Å². The van der Waals surface area contributed by atoms with E-state index >= 15 is 0 Å². The molecule has 0 aliphatic carbocycles. The second kappa shape index (κ2) is 8.11. The number of aliphatic hydroxyl groups is 1. The van der Waals surface area contributed by atoms with Gasteiger partial charge in [0.15, 0.2) is 5.58 Å². The predicted octanol–water partition coefficient (Wildman–Crippen LogP) is 4.41. The number of fused-ring (bicyclic) bond motifs is 3. The second-order valence-electron chi connectivity index (χ2n) is 8.12. The third kappa shape index (κ3) is 3.19. The van der Waals surface area contributed by atoms with Crippen molar-refractivity contribution in [2.24, 2.45) is 0 Å². The maximum Gasteiger partial charge on any atom is 0.420 e. The highest BCUT2D eigenvalue weighted by Gasteiger charge is 2.26. The Morgan fingerprint density at radius 2 is 1.94 bits per heavy atom. The zero-order valence-corrected chi connectivity index (χ0v) is 19.1. The number of aromatic nitrogens is 3. The number of rotatable bonds is 5. The summed E-state index contributed by atoms with van der Waals surface area (Å²) in [6.07, 6.45) is 0. The van der Waals surface area contributed by atoms with Crippen LogP contribution in [0.15, 0.2) is 44.1 Å². The largest absolute Gasteiger partial charge is 0.496 e. The summed E-state index contributed by atoms with van der Waals surface area (Å²) >= 11 is 0. The van der Waals surface area contributed by atoms with E-state index in [4.69, 9.17) is 13.7 Å². The Morgan fingerprint density at radius 1 is 1.15 bits per heavy atom. The molecule has 0 unspecified atom stereocenters. The zero-order valence-electron chi connectivity index (χ0n) is 19.1. The normalized spacial score (nSPS) is 11.6. The molecular weight excluding hydrogens is 441 g/mol. The van der Waals surface area contributed by atoms with Crippen molar-refractivity contribution in [3.8, 4) is 16.9 Å². The molecule has 2 aromatic carbocycles. The lowest BCUT2D eigenvalue weighted by Crippen LogP contribution is -2.16. The Balaban J connectivity index is 1.97. The highest BCUT2D eigenvalue weighted by molar-refractivity contribution is 6.12. The van der Waals surface area contributed by atoms with Crippen molar-refractivity contribution in [3.63, 3.8) is 0 Å². The number of ether oxygens (including phenoxy) is 1. The highest BCUT2D eigenvalue weighted by Crippen LogP contribution is 2.43. The van der Waals surface area contributed by atoms with Gasteiger partial charge >= 0.3 is 5.76 Å². The fourth-order valence-corrected chi connectivity index (χ4v) is 4.48. The van der Waals surface area contributed by atoms with Crippen LogP contribution in [0.2, 0.25) is 0 Å². The SMILES string of the molecule is COc1ccc2nc(CO)c3oc(=O)n(Cc4c(C)cccc4F)c3c2c1-c1c(C)noc1C. The van der Waals surface area contributed by atoms with Crippen LogP contribution in [-0.2, 0) is 13.2 Å². The van der Waals surface area contributed by atoms with E-state index in [2.05, 4.69) is 10.1 Å². The summed E-state index contributed by atoms with van der Waals surface area (Å²) in [6, 6.07) is 8.25. The van der Waals surface area contributed by atoms with Crippen molar-refractivity contribution in [1.29, 1.82) is 0 Å². The van der Waals surface area contributed by atoms with Crippen LogP contribution < -0.4 is 10.5 Å². The average Bonchev–Trinajstić information content (AvgIpc) is 3.32. The van der Waals surface area contributed by atoms with Gasteiger partial charge in [0.25, 0.3) is 0 Å². The molecule has 3 aromatic heterocycles. The van der Waals surface area contributed by atoms with Gasteiger partial charge in [0, 0.05) is 16.5 Å². The van der Waals surface area contributed by atoms with Crippen LogP contribution in [0.4, 0.5) is 4.39 Å². The molecule has 34 heavy (non-hydrogen) atoms. The van der Waals surface area contributed by atoms with Crippen LogP contribution in [-0.4, -0.2) is 26.9 Å². The molecule has 0 amide bonds. The minimum atomic E-state index is -0.686. The van der Waals surface area contributed by atoms with Gasteiger partial charge in [0.05, 0.1) is 37.0 Å². The first-order valence-corrected chi connectivity index (χ1v) is 10.7. The predicted molar refractivity (Wildman–Crippen MR) is 123 cm³/mol. The molecule has 0 bridgehead atoms. The van der Waals surface area contributed by atoms with E-state index in [0.29, 0.717) is 55.9 Å². The van der Waals surface area contributed by atoms with Crippen molar-refractivity contribution in [2.75, 3.05) is 7.11 Å². The summed E-state index contributed by atoms with van der Waals surface area (Å²) in [5.41, 5.74) is 4.25. The molecule has 0 atom stereocenters. The number of hydrogen-bond acceptors (Lipinski definition) is 7. The van der Waals surface area contributed by atoms with Crippen LogP contribution >= 0.6 is 0 Å². The molecule has 5 aromatic rings. The van der Waals surface area contributed by atoms with Crippen LogP contribution in [0.3, 0.4) is 0 Å². The van der Waals surface area contributed by atoms with E-state index in [1.165, 1.54) is 10.6 Å². The molecule has 0 saturated heterocycles. The summed E-state index contributed by atoms with van der Waals surface area (Å²) in [5, 5.41) is 14.6. The zero-order chi connectivity index (χ0) is 24.1. The Hall–Kier alpha value is -3.98. The minimum absolute atomic E-state index is 0.0629. The number of methoxy groups -OCH3 is 1. The van der Waals surface area contributed by atoms with Crippen molar-refractivity contribution >= 4 is 22.0 Å². The molecule has 8 nitrogen and oxygen atoms in total. The van der Waals surface area contributed by atoms with Gasteiger partial charge in [-0.15, -0.1) is 0 Å². The van der Waals surface area contributed by atoms with Gasteiger partial charge in [-0.2, -0.15) is 0 Å². The number of nitrogens with zero attached hydrogens (tertiary/aromatic N) is 3. The number of halogens is 1. The first kappa shape index (κ1) is 21.8. The van der Waals surface area contributed by atoms with E-state index in [1.54, 1.807) is 45.2 Å². The van der Waals surface area contributed by atoms with Gasteiger partial charge in [-0.25, -0.2) is 14.2 Å². The topological polar surface area (TPSA) is 104 Å². The van der Waals surface area contributed by atoms with Crippen molar-refractivity contribution in [2.45, 2.75) is 33.9 Å².